The van der Waals surface area contributed by atoms with Crippen molar-refractivity contribution in [1.29, 1.82) is 0 Å². The molecule has 27 heavy (non-hydrogen) atoms. The number of dihydropyridines is 1. The zero-order chi connectivity index (χ0) is 19.1. The van der Waals surface area contributed by atoms with Gasteiger partial charge in [0.15, 0.2) is 0 Å². The van der Waals surface area contributed by atoms with Gasteiger partial charge in [-0.15, -0.1) is 0 Å². The van der Waals surface area contributed by atoms with Gasteiger partial charge in [-0.2, -0.15) is 0 Å². The lowest BCUT2D eigenvalue weighted by atomic mass is 10.0. The van der Waals surface area contributed by atoms with E-state index in [0.29, 0.717) is 6.42 Å². The quantitative estimate of drug-likeness (QED) is 0.818. The van der Waals surface area contributed by atoms with E-state index in [1.54, 1.807) is 19.4 Å². The lowest BCUT2D eigenvalue weighted by Gasteiger charge is -2.23. The van der Waals surface area contributed by atoms with E-state index in [9.17, 15) is 0 Å². The average molecular weight is 364 g/mol. The summed E-state index contributed by atoms with van der Waals surface area (Å²) in [6.07, 6.45) is 7.35. The van der Waals surface area contributed by atoms with E-state index < -0.39 is 0 Å². The summed E-state index contributed by atoms with van der Waals surface area (Å²) in [7, 11) is 3.97. The molecule has 1 fully saturated rings. The highest BCUT2D eigenvalue weighted by atomic mass is 15.2. The van der Waals surface area contributed by atoms with Crippen LogP contribution in [0.15, 0.2) is 63.4 Å². The van der Waals surface area contributed by atoms with Gasteiger partial charge in [0, 0.05) is 62.5 Å². The molecule has 142 valence electrons. The van der Waals surface area contributed by atoms with E-state index in [2.05, 4.69) is 74.2 Å². The number of allylic oxidation sites excluding steroid dienone is 1. The van der Waals surface area contributed by atoms with Gasteiger partial charge in [0.05, 0.1) is 5.71 Å². The predicted octanol–water partition coefficient (Wildman–Crippen LogP) is 2.69. The van der Waals surface area contributed by atoms with Crippen LogP contribution >= 0.6 is 0 Å². The van der Waals surface area contributed by atoms with E-state index in [1.807, 2.05) is 0 Å². The van der Waals surface area contributed by atoms with Crippen LogP contribution in [0.25, 0.3) is 0 Å². The van der Waals surface area contributed by atoms with E-state index in [-0.39, 0.29) is 0 Å². The Morgan fingerprint density at radius 3 is 2.70 bits per heavy atom. The first-order valence-corrected chi connectivity index (χ1v) is 9.36. The highest BCUT2D eigenvalue weighted by molar-refractivity contribution is 6.16. The van der Waals surface area contributed by atoms with E-state index >= 15 is 0 Å². The van der Waals surface area contributed by atoms with E-state index in [4.69, 9.17) is 0 Å². The van der Waals surface area contributed by atoms with Crippen molar-refractivity contribution < 1.29 is 0 Å². The van der Waals surface area contributed by atoms with Gasteiger partial charge in [0.1, 0.15) is 5.84 Å². The highest BCUT2D eigenvalue weighted by Crippen LogP contribution is 2.20. The third-order valence-electron chi connectivity index (χ3n) is 4.86. The number of nitrogens with one attached hydrogen (secondary N) is 1. The van der Waals surface area contributed by atoms with Gasteiger partial charge in [-0.1, -0.05) is 12.1 Å². The van der Waals surface area contributed by atoms with Gasteiger partial charge < -0.3 is 15.1 Å². The number of benzene rings is 1. The first kappa shape index (κ1) is 19.0. The van der Waals surface area contributed by atoms with Crippen LogP contribution in [0.5, 0.6) is 0 Å². The fourth-order valence-electron chi connectivity index (χ4n) is 3.31. The molecule has 2 aliphatic heterocycles. The molecule has 0 radical (unpaired) electrons. The van der Waals surface area contributed by atoms with Gasteiger partial charge in [0.2, 0.25) is 0 Å². The van der Waals surface area contributed by atoms with Gasteiger partial charge in [-0.05, 0) is 44.9 Å². The van der Waals surface area contributed by atoms with Crippen LogP contribution < -0.4 is 10.2 Å². The standard InChI is InChI=1S/C21H28N6/c1-22-9-10-24-18-15-20(25-21(16-18)23-2)17-5-7-19(8-6-17)27-12-4-11-26(3)13-14-27/h5-10,15,24H,1,4,11-14,16H2,2-3H3/b10-9-,23-21?. The van der Waals surface area contributed by atoms with Crippen molar-refractivity contribution in [2.75, 3.05) is 45.2 Å². The molecule has 6 heteroatoms. The molecular weight excluding hydrogens is 336 g/mol. The molecule has 1 aromatic carbocycles. The molecular formula is C21H28N6. The Labute approximate surface area is 161 Å². The summed E-state index contributed by atoms with van der Waals surface area (Å²) in [5, 5.41) is 3.23. The normalized spacial score (nSPS) is 20.4. The molecule has 0 unspecified atom stereocenters. The van der Waals surface area contributed by atoms with Crippen LogP contribution in [0.2, 0.25) is 0 Å². The molecule has 0 saturated carbocycles. The average Bonchev–Trinajstić information content (AvgIpc) is 2.92. The van der Waals surface area contributed by atoms with E-state index in [1.165, 1.54) is 18.7 Å². The Bertz CT molecular complexity index is 772. The Hall–Kier alpha value is -2.73. The van der Waals surface area contributed by atoms with Crippen LogP contribution in [-0.4, -0.2) is 63.4 Å². The van der Waals surface area contributed by atoms with Crippen LogP contribution in [-0.2, 0) is 0 Å². The minimum Gasteiger partial charge on any atom is -0.370 e. The Kier molecular flexibility index (Phi) is 6.54. The molecule has 2 aliphatic rings. The highest BCUT2D eigenvalue weighted by Gasteiger charge is 2.15. The van der Waals surface area contributed by atoms with E-state index in [0.717, 1.165) is 42.4 Å². The summed E-state index contributed by atoms with van der Waals surface area (Å²) in [6.45, 7) is 7.89. The Morgan fingerprint density at radius 1 is 1.15 bits per heavy atom. The molecule has 0 bridgehead atoms. The summed E-state index contributed by atoms with van der Waals surface area (Å²) in [6, 6.07) is 8.69. The maximum atomic E-state index is 4.69. The maximum absolute atomic E-state index is 4.69. The van der Waals surface area contributed by atoms with Gasteiger partial charge in [-0.25, -0.2) is 4.99 Å². The molecule has 0 amide bonds. The van der Waals surface area contributed by atoms with Gasteiger partial charge in [-0.3, -0.25) is 9.98 Å². The fourth-order valence-corrected chi connectivity index (χ4v) is 3.31. The molecule has 0 aliphatic carbocycles. The molecule has 1 aromatic rings. The number of rotatable bonds is 5. The molecule has 0 spiro atoms. The van der Waals surface area contributed by atoms with Gasteiger partial charge in [0.25, 0.3) is 0 Å². The number of aliphatic imine (C=N–C) groups is 3. The summed E-state index contributed by atoms with van der Waals surface area (Å²) >= 11 is 0. The maximum Gasteiger partial charge on any atom is 0.129 e. The van der Waals surface area contributed by atoms with Crippen molar-refractivity contribution in [1.82, 2.24) is 10.2 Å². The largest absolute Gasteiger partial charge is 0.370 e. The monoisotopic (exact) mass is 364 g/mol. The first-order chi connectivity index (χ1) is 13.2. The summed E-state index contributed by atoms with van der Waals surface area (Å²) in [4.78, 5) is 17.5. The van der Waals surface area contributed by atoms with Crippen molar-refractivity contribution in [3.05, 3.63) is 54.0 Å². The number of amidine groups is 1. The number of likely N-dealkylation sites (N-methyl/N-ethyl adjacent to an activating group) is 1. The number of hydrogen-bond acceptors (Lipinski definition) is 5. The fraction of sp³-hybridized carbons (Fsp3) is 0.381. The molecule has 6 nitrogen and oxygen atoms in total. The second-order valence-electron chi connectivity index (χ2n) is 6.82. The summed E-state index contributed by atoms with van der Waals surface area (Å²) in [5.74, 6) is 0.814. The lowest BCUT2D eigenvalue weighted by molar-refractivity contribution is 0.360. The molecule has 0 aromatic heterocycles. The van der Waals surface area contributed by atoms with Crippen molar-refractivity contribution in [2.45, 2.75) is 12.8 Å². The topological polar surface area (TPSA) is 55.6 Å². The smallest absolute Gasteiger partial charge is 0.129 e. The third kappa shape index (κ3) is 5.14. The van der Waals surface area contributed by atoms with Crippen molar-refractivity contribution >= 4 is 24.0 Å². The zero-order valence-corrected chi connectivity index (χ0v) is 16.2. The predicted molar refractivity (Wildman–Crippen MR) is 115 cm³/mol. The summed E-state index contributed by atoms with van der Waals surface area (Å²) in [5.41, 5.74) is 4.33. The van der Waals surface area contributed by atoms with Crippen LogP contribution in [0, 0.1) is 0 Å². The third-order valence-corrected chi connectivity index (χ3v) is 4.86. The van der Waals surface area contributed by atoms with Crippen LogP contribution in [0.1, 0.15) is 18.4 Å². The molecule has 3 rings (SSSR count). The summed E-state index contributed by atoms with van der Waals surface area (Å²) < 4.78 is 0. The molecule has 1 N–H and O–H groups in total. The van der Waals surface area contributed by atoms with Crippen molar-refractivity contribution in [3.63, 3.8) is 0 Å². The lowest BCUT2D eigenvalue weighted by Crippen LogP contribution is -2.28. The van der Waals surface area contributed by atoms with Crippen LogP contribution in [0.3, 0.4) is 0 Å². The second kappa shape index (κ2) is 9.28. The molecule has 0 atom stereocenters. The first-order valence-electron chi connectivity index (χ1n) is 9.36. The number of hydrogen-bond donors (Lipinski definition) is 1. The van der Waals surface area contributed by atoms with Crippen molar-refractivity contribution in [3.8, 4) is 0 Å². The molecule has 1 saturated heterocycles. The number of nitrogens with zero attached hydrogens (tertiary/aromatic N) is 5. The van der Waals surface area contributed by atoms with Crippen LogP contribution in [0.4, 0.5) is 5.69 Å². The molecule has 2 heterocycles. The SMILES string of the molecule is C=N/C=C\NC1=CC(c2ccc(N3CCCN(C)CC3)cc2)=NC(=NC)C1. The minimum absolute atomic E-state index is 0.681. The second-order valence-corrected chi connectivity index (χ2v) is 6.82. The van der Waals surface area contributed by atoms with Crippen molar-refractivity contribution in [2.24, 2.45) is 15.0 Å². The minimum atomic E-state index is 0.681. The number of anilines is 1. The zero-order valence-electron chi connectivity index (χ0n) is 16.2. The Balaban J connectivity index is 1.77. The van der Waals surface area contributed by atoms with Gasteiger partial charge >= 0.3 is 0 Å². The Morgan fingerprint density at radius 2 is 1.96 bits per heavy atom.